The van der Waals surface area contributed by atoms with E-state index in [9.17, 15) is 14.4 Å². The first-order valence-corrected chi connectivity index (χ1v) is 9.46. The van der Waals surface area contributed by atoms with Gasteiger partial charge in [0.2, 0.25) is 5.91 Å². The third kappa shape index (κ3) is 5.48. The number of hydrogen-bond acceptors (Lipinski definition) is 5. The average Bonchev–Trinajstić information content (AvgIpc) is 3.07. The van der Waals surface area contributed by atoms with Crippen LogP contribution in [-0.4, -0.2) is 42.9 Å². The minimum absolute atomic E-state index is 0.0788. The lowest BCUT2D eigenvalue weighted by molar-refractivity contribution is -0.151. The van der Waals surface area contributed by atoms with Gasteiger partial charge in [0.05, 0.1) is 18.7 Å². The van der Waals surface area contributed by atoms with Crippen molar-refractivity contribution in [1.82, 2.24) is 4.90 Å². The Labute approximate surface area is 173 Å². The van der Waals surface area contributed by atoms with E-state index in [0.717, 1.165) is 5.56 Å². The Balaban J connectivity index is 1.50. The number of halogens is 1. The smallest absolute Gasteiger partial charge is 0.311 e. The van der Waals surface area contributed by atoms with Gasteiger partial charge in [-0.05, 0) is 23.8 Å². The maximum absolute atomic E-state index is 12.3. The number of nitrogens with zero attached hydrogens (tertiary/aromatic N) is 1. The molecule has 1 aliphatic heterocycles. The highest BCUT2D eigenvalue weighted by atomic mass is 35.5. The van der Waals surface area contributed by atoms with Crippen molar-refractivity contribution >= 4 is 35.1 Å². The molecule has 0 spiro atoms. The Morgan fingerprint density at radius 3 is 2.69 bits per heavy atom. The Kier molecular flexibility index (Phi) is 6.72. The van der Waals surface area contributed by atoms with Crippen molar-refractivity contribution in [3.63, 3.8) is 0 Å². The zero-order chi connectivity index (χ0) is 20.8. The second-order valence-electron chi connectivity index (χ2n) is 6.66. The van der Waals surface area contributed by atoms with E-state index in [1.165, 1.54) is 13.2 Å². The summed E-state index contributed by atoms with van der Waals surface area (Å²) in [6, 6.07) is 14.3. The first-order chi connectivity index (χ1) is 14.0. The predicted octanol–water partition coefficient (Wildman–Crippen LogP) is 2.88. The molecule has 152 valence electrons. The van der Waals surface area contributed by atoms with Crippen LogP contribution in [0.1, 0.15) is 12.0 Å². The monoisotopic (exact) mass is 416 g/mol. The maximum atomic E-state index is 12.3. The Morgan fingerprint density at radius 1 is 1.21 bits per heavy atom. The lowest BCUT2D eigenvalue weighted by atomic mass is 10.1. The number of esters is 1. The van der Waals surface area contributed by atoms with Crippen LogP contribution in [0.3, 0.4) is 0 Å². The minimum atomic E-state index is -0.584. The average molecular weight is 417 g/mol. The van der Waals surface area contributed by atoms with E-state index >= 15 is 0 Å². The summed E-state index contributed by atoms with van der Waals surface area (Å²) >= 11 is 5.93. The van der Waals surface area contributed by atoms with Gasteiger partial charge in [-0.15, -0.1) is 0 Å². The number of hydrogen-bond donors (Lipinski definition) is 1. The van der Waals surface area contributed by atoms with Gasteiger partial charge in [-0.1, -0.05) is 41.9 Å². The van der Waals surface area contributed by atoms with Gasteiger partial charge in [-0.2, -0.15) is 0 Å². The van der Waals surface area contributed by atoms with Crippen LogP contribution in [0.4, 0.5) is 5.69 Å². The molecule has 7 nitrogen and oxygen atoms in total. The molecule has 8 heteroatoms. The zero-order valence-corrected chi connectivity index (χ0v) is 16.6. The highest BCUT2D eigenvalue weighted by Gasteiger charge is 2.35. The maximum Gasteiger partial charge on any atom is 0.311 e. The lowest BCUT2D eigenvalue weighted by Gasteiger charge is -2.16. The number of rotatable bonds is 7. The molecular weight excluding hydrogens is 396 g/mol. The molecule has 1 atom stereocenters. The summed E-state index contributed by atoms with van der Waals surface area (Å²) in [4.78, 5) is 38.2. The van der Waals surface area contributed by atoms with Gasteiger partial charge in [0.15, 0.2) is 6.61 Å². The number of anilines is 1. The molecule has 1 fully saturated rings. The molecule has 1 saturated heterocycles. The quantitative estimate of drug-likeness (QED) is 0.701. The summed E-state index contributed by atoms with van der Waals surface area (Å²) in [6.45, 7) is 0.257. The number of ether oxygens (including phenoxy) is 2. The van der Waals surface area contributed by atoms with Crippen molar-refractivity contribution in [2.75, 3.05) is 25.6 Å². The van der Waals surface area contributed by atoms with E-state index in [0.29, 0.717) is 23.0 Å². The third-order valence-electron chi connectivity index (χ3n) is 4.55. The van der Waals surface area contributed by atoms with Gasteiger partial charge >= 0.3 is 5.97 Å². The largest absolute Gasteiger partial charge is 0.495 e. The topological polar surface area (TPSA) is 84.9 Å². The van der Waals surface area contributed by atoms with E-state index in [4.69, 9.17) is 21.1 Å². The molecule has 0 radical (unpaired) electrons. The van der Waals surface area contributed by atoms with Gasteiger partial charge < -0.3 is 19.7 Å². The normalized spacial score (nSPS) is 15.9. The fourth-order valence-corrected chi connectivity index (χ4v) is 3.28. The second-order valence-corrected chi connectivity index (χ2v) is 7.10. The number of carbonyl (C=O) groups is 3. The standard InChI is InChI=1S/C21H21ClN2O5/c1-28-18-8-7-16(22)10-17(18)23-19(25)13-29-21(27)15-9-20(26)24(12-15)11-14-5-3-2-4-6-14/h2-8,10,15H,9,11-13H2,1H3,(H,23,25)/t15-/m0/s1. The Morgan fingerprint density at radius 2 is 1.97 bits per heavy atom. The first kappa shape index (κ1) is 20.7. The molecule has 0 bridgehead atoms. The van der Waals surface area contributed by atoms with Gasteiger partial charge in [-0.3, -0.25) is 14.4 Å². The molecule has 0 aliphatic carbocycles. The zero-order valence-electron chi connectivity index (χ0n) is 15.9. The van der Waals surface area contributed by atoms with Crippen LogP contribution >= 0.6 is 11.6 Å². The third-order valence-corrected chi connectivity index (χ3v) is 4.78. The van der Waals surface area contributed by atoms with Crippen LogP contribution in [-0.2, 0) is 25.7 Å². The van der Waals surface area contributed by atoms with E-state index in [-0.39, 0.29) is 18.9 Å². The molecule has 0 saturated carbocycles. The van der Waals surface area contributed by atoms with Gasteiger partial charge in [0.25, 0.3) is 5.91 Å². The molecule has 2 aromatic carbocycles. The van der Waals surface area contributed by atoms with Crippen molar-refractivity contribution in [3.8, 4) is 5.75 Å². The van der Waals surface area contributed by atoms with Crippen molar-refractivity contribution in [1.29, 1.82) is 0 Å². The summed E-state index contributed by atoms with van der Waals surface area (Å²) in [5.41, 5.74) is 1.37. The molecule has 1 aliphatic rings. The molecule has 0 aromatic heterocycles. The van der Waals surface area contributed by atoms with Gasteiger partial charge in [-0.25, -0.2) is 0 Å². The number of methoxy groups -OCH3 is 1. The molecule has 3 rings (SSSR count). The lowest BCUT2D eigenvalue weighted by Crippen LogP contribution is -2.28. The van der Waals surface area contributed by atoms with E-state index < -0.39 is 24.4 Å². The molecule has 1 N–H and O–H groups in total. The van der Waals surface area contributed by atoms with Crippen LogP contribution in [0.15, 0.2) is 48.5 Å². The van der Waals surface area contributed by atoms with E-state index in [1.54, 1.807) is 17.0 Å². The summed E-state index contributed by atoms with van der Waals surface area (Å²) < 4.78 is 10.3. The predicted molar refractivity (Wildman–Crippen MR) is 108 cm³/mol. The van der Waals surface area contributed by atoms with Crippen molar-refractivity contribution < 1.29 is 23.9 Å². The Hall–Kier alpha value is -3.06. The van der Waals surface area contributed by atoms with Crippen molar-refractivity contribution in [2.45, 2.75) is 13.0 Å². The number of nitrogens with one attached hydrogen (secondary N) is 1. The van der Waals surface area contributed by atoms with E-state index in [2.05, 4.69) is 5.32 Å². The minimum Gasteiger partial charge on any atom is -0.495 e. The number of likely N-dealkylation sites (tertiary alicyclic amines) is 1. The molecule has 2 aromatic rings. The van der Waals surface area contributed by atoms with Crippen LogP contribution in [0.2, 0.25) is 5.02 Å². The number of benzene rings is 2. The summed E-state index contributed by atoms with van der Waals surface area (Å²) in [7, 11) is 1.47. The summed E-state index contributed by atoms with van der Waals surface area (Å²) in [6.07, 6.45) is 0.0788. The summed E-state index contributed by atoms with van der Waals surface area (Å²) in [5.74, 6) is -1.35. The highest BCUT2D eigenvalue weighted by Crippen LogP contribution is 2.27. The molecule has 2 amide bonds. The van der Waals surface area contributed by atoms with Crippen molar-refractivity contribution in [3.05, 3.63) is 59.1 Å². The molecule has 1 heterocycles. The van der Waals surface area contributed by atoms with E-state index in [1.807, 2.05) is 30.3 Å². The molecular formula is C21H21ClN2O5. The first-order valence-electron chi connectivity index (χ1n) is 9.08. The number of carbonyl (C=O) groups excluding carboxylic acids is 3. The molecule has 0 unspecified atom stereocenters. The van der Waals surface area contributed by atoms with Gasteiger partial charge in [0.1, 0.15) is 5.75 Å². The van der Waals surface area contributed by atoms with Gasteiger partial charge in [0, 0.05) is 24.5 Å². The fraction of sp³-hybridized carbons (Fsp3) is 0.286. The Bertz CT molecular complexity index is 903. The fourth-order valence-electron chi connectivity index (χ4n) is 3.11. The van der Waals surface area contributed by atoms with Crippen LogP contribution in [0.5, 0.6) is 5.75 Å². The van der Waals surface area contributed by atoms with Crippen LogP contribution in [0.25, 0.3) is 0 Å². The SMILES string of the molecule is COc1ccc(Cl)cc1NC(=O)COC(=O)[C@H]1CC(=O)N(Cc2ccccc2)C1. The number of amides is 2. The van der Waals surface area contributed by atoms with Crippen molar-refractivity contribution in [2.24, 2.45) is 5.92 Å². The molecule has 29 heavy (non-hydrogen) atoms. The summed E-state index contributed by atoms with van der Waals surface area (Å²) in [5, 5.41) is 3.03. The second kappa shape index (κ2) is 9.43. The van der Waals surface area contributed by atoms with Crippen LogP contribution < -0.4 is 10.1 Å². The van der Waals surface area contributed by atoms with Crippen LogP contribution in [0, 0.1) is 5.92 Å². The highest BCUT2D eigenvalue weighted by molar-refractivity contribution is 6.31.